The molecule has 162 valence electrons. The molecule has 4 aromatic carbocycles. The highest BCUT2D eigenvalue weighted by Gasteiger charge is 2.16. The van der Waals surface area contributed by atoms with Crippen LogP contribution in [0.2, 0.25) is 0 Å². The standard InChI is InChI=1S/C29H22O4/c1-21(29(31)33-27-18-14-25(15-19-27)23-10-6-3-7-11-23)20-28(30)32-26-16-12-24(13-17-26)22-8-4-2-5-9-22/h2-19H,1,20H2. The third-order valence-electron chi connectivity index (χ3n) is 5.01. The van der Waals surface area contributed by atoms with Crippen LogP contribution in [0.15, 0.2) is 121 Å². The lowest BCUT2D eigenvalue weighted by Crippen LogP contribution is -2.16. The molecular weight excluding hydrogens is 412 g/mol. The van der Waals surface area contributed by atoms with Crippen LogP contribution >= 0.6 is 0 Å². The molecule has 0 radical (unpaired) electrons. The molecule has 0 amide bonds. The van der Waals surface area contributed by atoms with Crippen molar-refractivity contribution >= 4 is 11.9 Å². The zero-order valence-electron chi connectivity index (χ0n) is 17.9. The van der Waals surface area contributed by atoms with E-state index in [4.69, 9.17) is 9.47 Å². The molecule has 0 aromatic heterocycles. The van der Waals surface area contributed by atoms with Gasteiger partial charge in [-0.05, 0) is 46.5 Å². The Balaban J connectivity index is 1.29. The smallest absolute Gasteiger partial charge is 0.339 e. The average molecular weight is 434 g/mol. The SMILES string of the molecule is C=C(CC(=O)Oc1ccc(-c2ccccc2)cc1)C(=O)Oc1ccc(-c2ccccc2)cc1. The predicted molar refractivity (Wildman–Crippen MR) is 129 cm³/mol. The molecule has 4 rings (SSSR count). The third kappa shape index (κ3) is 5.83. The number of hydrogen-bond donors (Lipinski definition) is 0. The first-order valence-corrected chi connectivity index (χ1v) is 10.5. The Labute approximate surface area is 192 Å². The van der Waals surface area contributed by atoms with Gasteiger partial charge in [0.2, 0.25) is 0 Å². The largest absolute Gasteiger partial charge is 0.426 e. The first-order chi connectivity index (χ1) is 16.1. The van der Waals surface area contributed by atoms with Gasteiger partial charge in [-0.25, -0.2) is 4.79 Å². The Kier molecular flexibility index (Phi) is 6.76. The third-order valence-corrected chi connectivity index (χ3v) is 5.01. The van der Waals surface area contributed by atoms with Crippen molar-refractivity contribution in [3.63, 3.8) is 0 Å². The summed E-state index contributed by atoms with van der Waals surface area (Å²) in [6, 6.07) is 34.1. The van der Waals surface area contributed by atoms with Crippen molar-refractivity contribution in [3.05, 3.63) is 121 Å². The van der Waals surface area contributed by atoms with Crippen molar-refractivity contribution in [1.82, 2.24) is 0 Å². The van der Waals surface area contributed by atoms with E-state index in [1.54, 1.807) is 24.3 Å². The minimum atomic E-state index is -0.668. The minimum absolute atomic E-state index is 0.0213. The Morgan fingerprint density at radius 2 is 0.939 bits per heavy atom. The second kappa shape index (κ2) is 10.2. The molecule has 4 heteroatoms. The van der Waals surface area contributed by atoms with Crippen LogP contribution in [0.1, 0.15) is 6.42 Å². The van der Waals surface area contributed by atoms with Gasteiger partial charge in [-0.2, -0.15) is 0 Å². The van der Waals surface area contributed by atoms with Gasteiger partial charge in [-0.1, -0.05) is 91.5 Å². The first-order valence-electron chi connectivity index (χ1n) is 10.5. The van der Waals surface area contributed by atoms with Crippen LogP contribution in [0, 0.1) is 0 Å². The number of ether oxygens (including phenoxy) is 2. The molecule has 0 fully saturated rings. The Morgan fingerprint density at radius 3 is 1.39 bits per heavy atom. The lowest BCUT2D eigenvalue weighted by atomic mass is 10.1. The lowest BCUT2D eigenvalue weighted by molar-refractivity contribution is -0.136. The molecule has 0 aliphatic heterocycles. The fraction of sp³-hybridized carbons (Fsp3) is 0.0345. The van der Waals surface area contributed by atoms with Crippen LogP contribution in [-0.2, 0) is 9.59 Å². The van der Waals surface area contributed by atoms with E-state index in [1.807, 2.05) is 84.9 Å². The summed E-state index contributed by atoms with van der Waals surface area (Å²) in [6.07, 6.45) is -0.263. The highest BCUT2D eigenvalue weighted by atomic mass is 16.5. The summed E-state index contributed by atoms with van der Waals surface area (Å²) in [5.41, 5.74) is 4.19. The van der Waals surface area contributed by atoms with Crippen molar-refractivity contribution in [2.45, 2.75) is 6.42 Å². The normalized spacial score (nSPS) is 10.3. The Morgan fingerprint density at radius 1 is 0.545 bits per heavy atom. The topological polar surface area (TPSA) is 52.6 Å². The van der Waals surface area contributed by atoms with E-state index in [0.29, 0.717) is 11.5 Å². The van der Waals surface area contributed by atoms with Gasteiger partial charge in [0.15, 0.2) is 0 Å². The van der Waals surface area contributed by atoms with E-state index in [1.165, 1.54) is 0 Å². The summed E-state index contributed by atoms with van der Waals surface area (Å²) < 4.78 is 10.7. The van der Waals surface area contributed by atoms with Crippen LogP contribution in [0.25, 0.3) is 22.3 Å². The van der Waals surface area contributed by atoms with Gasteiger partial charge < -0.3 is 9.47 Å². The molecule has 0 atom stereocenters. The number of benzene rings is 4. The van der Waals surface area contributed by atoms with E-state index >= 15 is 0 Å². The summed E-state index contributed by atoms with van der Waals surface area (Å²) in [6.45, 7) is 3.68. The number of carbonyl (C=O) groups excluding carboxylic acids is 2. The maximum absolute atomic E-state index is 12.3. The molecule has 4 nitrogen and oxygen atoms in total. The summed E-state index contributed by atoms with van der Waals surface area (Å²) in [7, 11) is 0. The van der Waals surface area contributed by atoms with Crippen LogP contribution in [0.3, 0.4) is 0 Å². The first kappa shape index (κ1) is 21.8. The van der Waals surface area contributed by atoms with Crippen molar-refractivity contribution in [2.75, 3.05) is 0 Å². The van der Waals surface area contributed by atoms with Gasteiger partial charge in [0.1, 0.15) is 11.5 Å². The number of esters is 2. The van der Waals surface area contributed by atoms with Gasteiger partial charge in [-0.15, -0.1) is 0 Å². The maximum Gasteiger partial charge on any atom is 0.339 e. The van der Waals surface area contributed by atoms with E-state index in [0.717, 1.165) is 22.3 Å². The summed E-state index contributed by atoms with van der Waals surface area (Å²) in [4.78, 5) is 24.6. The molecule has 0 unspecified atom stereocenters. The fourth-order valence-electron chi connectivity index (χ4n) is 3.29. The van der Waals surface area contributed by atoms with E-state index in [2.05, 4.69) is 6.58 Å². The zero-order valence-corrected chi connectivity index (χ0v) is 17.9. The summed E-state index contributed by atoms with van der Waals surface area (Å²) >= 11 is 0. The highest BCUT2D eigenvalue weighted by molar-refractivity contribution is 5.95. The van der Waals surface area contributed by atoms with E-state index in [-0.39, 0.29) is 12.0 Å². The molecule has 33 heavy (non-hydrogen) atoms. The summed E-state index contributed by atoms with van der Waals surface area (Å²) in [5.74, 6) is -0.467. The van der Waals surface area contributed by atoms with Gasteiger partial charge >= 0.3 is 11.9 Å². The fourth-order valence-corrected chi connectivity index (χ4v) is 3.29. The molecule has 0 heterocycles. The van der Waals surface area contributed by atoms with E-state index < -0.39 is 11.9 Å². The quantitative estimate of drug-likeness (QED) is 0.190. The Hall–Kier alpha value is -4.44. The minimum Gasteiger partial charge on any atom is -0.426 e. The monoisotopic (exact) mass is 434 g/mol. The lowest BCUT2D eigenvalue weighted by Gasteiger charge is -2.09. The van der Waals surface area contributed by atoms with Crippen molar-refractivity contribution in [1.29, 1.82) is 0 Å². The van der Waals surface area contributed by atoms with Crippen LogP contribution in [0.5, 0.6) is 11.5 Å². The second-order valence-electron chi connectivity index (χ2n) is 7.42. The number of hydrogen-bond acceptors (Lipinski definition) is 4. The molecule has 0 bridgehead atoms. The van der Waals surface area contributed by atoms with Crippen molar-refractivity contribution < 1.29 is 19.1 Å². The molecule has 4 aromatic rings. The second-order valence-corrected chi connectivity index (χ2v) is 7.42. The van der Waals surface area contributed by atoms with Crippen LogP contribution < -0.4 is 9.47 Å². The molecule has 0 aliphatic carbocycles. The molecule has 0 aliphatic rings. The maximum atomic E-state index is 12.3. The number of rotatable bonds is 7. The van der Waals surface area contributed by atoms with Gasteiger partial charge in [0, 0.05) is 5.57 Å². The van der Waals surface area contributed by atoms with Gasteiger partial charge in [0.25, 0.3) is 0 Å². The molecular formula is C29H22O4. The van der Waals surface area contributed by atoms with E-state index in [9.17, 15) is 9.59 Å². The summed E-state index contributed by atoms with van der Waals surface area (Å²) in [5, 5.41) is 0. The van der Waals surface area contributed by atoms with Crippen LogP contribution in [0.4, 0.5) is 0 Å². The molecule has 0 N–H and O–H groups in total. The predicted octanol–water partition coefficient (Wildman–Crippen LogP) is 6.48. The molecule has 0 saturated carbocycles. The van der Waals surface area contributed by atoms with Crippen molar-refractivity contribution in [2.24, 2.45) is 0 Å². The van der Waals surface area contributed by atoms with Crippen molar-refractivity contribution in [3.8, 4) is 33.8 Å². The average Bonchev–Trinajstić information content (AvgIpc) is 2.86. The Bertz CT molecular complexity index is 1240. The highest BCUT2D eigenvalue weighted by Crippen LogP contribution is 2.24. The van der Waals surface area contributed by atoms with Gasteiger partial charge in [0.05, 0.1) is 6.42 Å². The van der Waals surface area contributed by atoms with Crippen LogP contribution in [-0.4, -0.2) is 11.9 Å². The molecule has 0 saturated heterocycles. The number of carbonyl (C=O) groups is 2. The zero-order chi connectivity index (χ0) is 23.0. The molecule has 0 spiro atoms. The van der Waals surface area contributed by atoms with Gasteiger partial charge in [-0.3, -0.25) is 4.79 Å².